The van der Waals surface area contributed by atoms with Crippen molar-refractivity contribution in [3.8, 4) is 22.9 Å². The van der Waals surface area contributed by atoms with Crippen LogP contribution in [0.2, 0.25) is 0 Å². The number of nitrogens with one attached hydrogen (secondary N) is 2. The molecule has 0 unspecified atom stereocenters. The number of benzene rings is 1. The molecule has 1 aromatic carbocycles. The lowest BCUT2D eigenvalue weighted by Gasteiger charge is -2.19. The van der Waals surface area contributed by atoms with Gasteiger partial charge in [-0.2, -0.15) is 23.7 Å². The van der Waals surface area contributed by atoms with Crippen LogP contribution in [0.25, 0.3) is 11.4 Å². The van der Waals surface area contributed by atoms with Crippen LogP contribution in [-0.2, 0) is 24.7 Å². The predicted molar refractivity (Wildman–Crippen MR) is 129 cm³/mol. The van der Waals surface area contributed by atoms with E-state index in [1.54, 1.807) is 17.9 Å². The molecular weight excluding hydrogens is 464 g/mol. The van der Waals surface area contributed by atoms with Crippen LogP contribution in [0.5, 0.6) is 11.5 Å². The largest absolute Gasteiger partial charge is 0.494 e. The number of aromatic nitrogens is 4. The zero-order valence-corrected chi connectivity index (χ0v) is 20.2. The van der Waals surface area contributed by atoms with E-state index in [4.69, 9.17) is 9.47 Å². The normalized spacial score (nSPS) is 15.0. The van der Waals surface area contributed by atoms with E-state index in [0.29, 0.717) is 42.8 Å². The molecule has 0 saturated heterocycles. The van der Waals surface area contributed by atoms with Crippen molar-refractivity contribution >= 4 is 25.1 Å². The maximum Gasteiger partial charge on any atom is 0.247 e. The molecule has 1 aliphatic rings. The molecule has 0 fully saturated rings. The molecule has 11 heteroatoms. The molecule has 0 radical (unpaired) electrons. The van der Waals surface area contributed by atoms with Gasteiger partial charge in [-0.1, -0.05) is 6.58 Å². The van der Waals surface area contributed by atoms with Gasteiger partial charge in [-0.25, -0.2) is 8.78 Å². The fraction of sp³-hybridized carbons (Fsp3) is 0.348. The van der Waals surface area contributed by atoms with E-state index in [2.05, 4.69) is 27.2 Å². The number of carbonyl (C=O) groups excluding carboxylic acids is 1. The third-order valence-corrected chi connectivity index (χ3v) is 6.00. The first-order chi connectivity index (χ1) is 15.9. The van der Waals surface area contributed by atoms with Crippen molar-refractivity contribution < 1.29 is 23.0 Å². The first kappa shape index (κ1) is 25.3. The summed E-state index contributed by atoms with van der Waals surface area (Å²) in [5.74, 6) is -2.35. The summed E-state index contributed by atoms with van der Waals surface area (Å²) in [5.41, 5.74) is 3.47. The van der Waals surface area contributed by atoms with Crippen LogP contribution in [0.3, 0.4) is 0 Å². The van der Waals surface area contributed by atoms with Crippen molar-refractivity contribution in [1.82, 2.24) is 20.0 Å². The molecule has 2 heterocycles. The first-order valence-electron chi connectivity index (χ1n) is 10.5. The van der Waals surface area contributed by atoms with E-state index >= 15 is 8.78 Å². The number of hydrogen-bond donors (Lipinski definition) is 2. The van der Waals surface area contributed by atoms with Crippen LogP contribution in [0.15, 0.2) is 24.9 Å². The summed E-state index contributed by atoms with van der Waals surface area (Å²) in [5, 5.41) is 14.5. The third kappa shape index (κ3) is 4.39. The molecule has 1 amide bonds. The molecule has 2 aromatic heterocycles. The van der Waals surface area contributed by atoms with Gasteiger partial charge in [0.1, 0.15) is 11.4 Å². The predicted octanol–water partition coefficient (Wildman–Crippen LogP) is 4.01. The monoisotopic (exact) mass is 491 g/mol. The third-order valence-electron chi connectivity index (χ3n) is 6.00. The molecule has 8 nitrogen and oxygen atoms in total. The molecule has 0 spiro atoms. The second-order valence-electron chi connectivity index (χ2n) is 7.87. The van der Waals surface area contributed by atoms with Gasteiger partial charge in [-0.05, 0) is 37.7 Å². The number of aromatic amines is 1. The van der Waals surface area contributed by atoms with Crippen molar-refractivity contribution in [2.24, 2.45) is 7.05 Å². The number of anilines is 1. The Balaban J connectivity index is 0.00000324. The van der Waals surface area contributed by atoms with Gasteiger partial charge >= 0.3 is 0 Å². The Bertz CT molecular complexity index is 1200. The number of carbonyl (C=O) groups is 1. The lowest BCUT2D eigenvalue weighted by Crippen LogP contribution is -2.10. The number of aryl methyl sites for hydroxylation is 1. The average Bonchev–Trinajstić information content (AvgIpc) is 3.28. The zero-order valence-electron chi connectivity index (χ0n) is 19.2. The Kier molecular flexibility index (Phi) is 7.65. The van der Waals surface area contributed by atoms with E-state index in [-0.39, 0.29) is 36.5 Å². The molecular formula is C23H27F2N5O3S. The first-order valence-corrected chi connectivity index (χ1v) is 10.5. The molecule has 34 heavy (non-hydrogen) atoms. The Morgan fingerprint density at radius 2 is 1.97 bits per heavy atom. The smallest absolute Gasteiger partial charge is 0.247 e. The molecule has 1 aliphatic carbocycles. The number of amides is 1. The van der Waals surface area contributed by atoms with Gasteiger partial charge in [0.15, 0.2) is 23.1 Å². The van der Waals surface area contributed by atoms with Gasteiger partial charge in [0.05, 0.1) is 26.1 Å². The van der Waals surface area contributed by atoms with Crippen LogP contribution in [0.4, 0.5) is 14.5 Å². The van der Waals surface area contributed by atoms with Crippen LogP contribution in [0.1, 0.15) is 35.6 Å². The highest BCUT2D eigenvalue weighted by Gasteiger charge is 2.31. The Hall–Kier alpha value is -3.34. The zero-order chi connectivity index (χ0) is 23.7. The highest BCUT2D eigenvalue weighted by atomic mass is 32.1. The van der Waals surface area contributed by atoms with Crippen molar-refractivity contribution in [2.75, 3.05) is 19.5 Å². The number of hydrogen-bond acceptors (Lipinski definition) is 5. The standard InChI is InChI=1S/C23H25F2N5O3.H2S/c1-5-18(31)27-15-11-26-30(2)23(15)22-13-8-6-7-12(9-14(13)28-29-22)19-20(24)16(32-3)10-17(33-4)21(19)25;/h5,10-12H,1,6-9H2,2-4H3,(H,27,31)(H,28,29);1H2/t12-;/m0./s1. The lowest BCUT2D eigenvalue weighted by atomic mass is 9.90. The van der Waals surface area contributed by atoms with Crippen molar-refractivity contribution in [3.63, 3.8) is 0 Å². The van der Waals surface area contributed by atoms with Gasteiger partial charge in [-0.15, -0.1) is 0 Å². The summed E-state index contributed by atoms with van der Waals surface area (Å²) in [6.07, 6.45) is 5.00. The summed E-state index contributed by atoms with van der Waals surface area (Å²) >= 11 is 0. The maximum absolute atomic E-state index is 15.1. The Morgan fingerprint density at radius 1 is 1.29 bits per heavy atom. The number of ether oxygens (including phenoxy) is 2. The highest BCUT2D eigenvalue weighted by Crippen LogP contribution is 2.42. The quantitative estimate of drug-likeness (QED) is 0.402. The van der Waals surface area contributed by atoms with E-state index in [0.717, 1.165) is 11.3 Å². The minimum absolute atomic E-state index is 0. The van der Waals surface area contributed by atoms with E-state index in [1.807, 2.05) is 0 Å². The molecule has 1 atom stereocenters. The van der Waals surface area contributed by atoms with Crippen LogP contribution in [0, 0.1) is 11.6 Å². The van der Waals surface area contributed by atoms with Gasteiger partial charge in [0.2, 0.25) is 5.91 Å². The second-order valence-corrected chi connectivity index (χ2v) is 7.87. The topological polar surface area (TPSA) is 94.1 Å². The average molecular weight is 492 g/mol. The molecule has 4 rings (SSSR count). The van der Waals surface area contributed by atoms with Crippen molar-refractivity contribution in [1.29, 1.82) is 0 Å². The number of fused-ring (bicyclic) bond motifs is 1. The Labute approximate surface area is 202 Å². The number of H-pyrrole nitrogens is 1. The molecule has 0 saturated carbocycles. The molecule has 2 N–H and O–H groups in total. The fourth-order valence-corrected chi connectivity index (χ4v) is 4.41. The summed E-state index contributed by atoms with van der Waals surface area (Å²) < 4.78 is 42.1. The summed E-state index contributed by atoms with van der Waals surface area (Å²) in [7, 11) is 4.43. The molecule has 0 bridgehead atoms. The van der Waals surface area contributed by atoms with Gasteiger partial charge in [-0.3, -0.25) is 14.6 Å². The van der Waals surface area contributed by atoms with Crippen molar-refractivity contribution in [2.45, 2.75) is 31.6 Å². The van der Waals surface area contributed by atoms with Crippen LogP contribution >= 0.6 is 13.5 Å². The van der Waals surface area contributed by atoms with E-state index in [9.17, 15) is 4.79 Å². The molecule has 3 aromatic rings. The minimum Gasteiger partial charge on any atom is -0.494 e. The fourth-order valence-electron chi connectivity index (χ4n) is 4.41. The lowest BCUT2D eigenvalue weighted by molar-refractivity contribution is -0.111. The van der Waals surface area contributed by atoms with Crippen LogP contribution < -0.4 is 14.8 Å². The van der Waals surface area contributed by atoms with E-state index in [1.165, 1.54) is 26.4 Å². The summed E-state index contributed by atoms with van der Waals surface area (Å²) in [6, 6.07) is 1.21. The number of rotatable bonds is 6. The Morgan fingerprint density at radius 3 is 2.59 bits per heavy atom. The number of halogens is 2. The number of nitrogens with zero attached hydrogens (tertiary/aromatic N) is 3. The molecule has 182 valence electrons. The highest BCUT2D eigenvalue weighted by molar-refractivity contribution is 7.59. The minimum atomic E-state index is -0.718. The van der Waals surface area contributed by atoms with E-state index < -0.39 is 17.6 Å². The van der Waals surface area contributed by atoms with Crippen LogP contribution in [-0.4, -0.2) is 40.1 Å². The second kappa shape index (κ2) is 10.3. The summed E-state index contributed by atoms with van der Waals surface area (Å²) in [4.78, 5) is 11.8. The number of methoxy groups -OCH3 is 2. The van der Waals surface area contributed by atoms with Crippen molar-refractivity contribution in [3.05, 3.63) is 53.4 Å². The molecule has 0 aliphatic heterocycles. The SMILES string of the molecule is C=CC(=O)Nc1cnn(C)c1-c1n[nH]c2c1CCC[C@H](c1c(F)c(OC)cc(OC)c1F)C2.S. The van der Waals surface area contributed by atoms with Gasteiger partial charge in [0.25, 0.3) is 0 Å². The van der Waals surface area contributed by atoms with Gasteiger partial charge in [0, 0.05) is 29.9 Å². The summed E-state index contributed by atoms with van der Waals surface area (Å²) in [6.45, 7) is 3.47. The maximum atomic E-state index is 15.1. The van der Waals surface area contributed by atoms with Gasteiger partial charge < -0.3 is 14.8 Å².